The first kappa shape index (κ1) is 16.8. The highest BCUT2D eigenvalue weighted by Crippen LogP contribution is 2.22. The third-order valence-corrected chi connectivity index (χ3v) is 4.89. The Labute approximate surface area is 148 Å². The highest BCUT2D eigenvalue weighted by molar-refractivity contribution is 7.09. The molecule has 0 saturated heterocycles. The van der Waals surface area contributed by atoms with Crippen LogP contribution in [0.2, 0.25) is 0 Å². The predicted molar refractivity (Wildman–Crippen MR) is 102 cm³/mol. The van der Waals surface area contributed by atoms with Gasteiger partial charge in [-0.1, -0.05) is 60.7 Å². The van der Waals surface area contributed by atoms with Gasteiger partial charge in [0, 0.05) is 30.1 Å². The van der Waals surface area contributed by atoms with Crippen LogP contribution in [-0.4, -0.2) is 30.5 Å². The molecule has 3 nitrogen and oxygen atoms in total. The molecule has 0 aliphatic carbocycles. The monoisotopic (exact) mass is 337 g/mol. The molecule has 0 amide bonds. The number of benzene rings is 2. The second-order valence-corrected chi connectivity index (χ2v) is 6.96. The predicted octanol–water partition coefficient (Wildman–Crippen LogP) is 4.20. The normalized spacial score (nSPS) is 12.5. The molecule has 0 bridgehead atoms. The van der Waals surface area contributed by atoms with Gasteiger partial charge in [0.15, 0.2) is 0 Å². The van der Waals surface area contributed by atoms with E-state index in [0.717, 1.165) is 23.8 Å². The van der Waals surface area contributed by atoms with Gasteiger partial charge < -0.3 is 10.2 Å². The minimum Gasteiger partial charge on any atom is -0.309 e. The molecule has 1 N–H and O–H groups in total. The maximum atomic E-state index is 4.74. The van der Waals surface area contributed by atoms with E-state index in [0.29, 0.717) is 6.04 Å². The molecular weight excluding hydrogens is 314 g/mol. The summed E-state index contributed by atoms with van der Waals surface area (Å²) in [4.78, 5) is 6.99. The van der Waals surface area contributed by atoms with Crippen LogP contribution in [0.25, 0.3) is 11.3 Å². The van der Waals surface area contributed by atoms with Gasteiger partial charge in [-0.15, -0.1) is 11.3 Å². The lowest BCUT2D eigenvalue weighted by Crippen LogP contribution is -2.30. The maximum Gasteiger partial charge on any atom is 0.107 e. The van der Waals surface area contributed by atoms with Gasteiger partial charge >= 0.3 is 0 Å². The van der Waals surface area contributed by atoms with Gasteiger partial charge in [-0.2, -0.15) is 0 Å². The zero-order valence-corrected chi connectivity index (χ0v) is 15.0. The number of rotatable bonds is 7. The van der Waals surface area contributed by atoms with Crippen LogP contribution in [0, 0.1) is 0 Å². The molecule has 124 valence electrons. The molecule has 1 atom stereocenters. The van der Waals surface area contributed by atoms with Gasteiger partial charge in [0.1, 0.15) is 5.01 Å². The third-order valence-electron chi connectivity index (χ3n) is 4.04. The molecular formula is C20H23N3S. The highest BCUT2D eigenvalue weighted by Gasteiger charge is 2.13. The number of hydrogen-bond donors (Lipinski definition) is 1. The zero-order chi connectivity index (χ0) is 16.8. The van der Waals surface area contributed by atoms with Crippen LogP contribution >= 0.6 is 11.3 Å². The summed E-state index contributed by atoms with van der Waals surface area (Å²) in [5.41, 5.74) is 3.57. The lowest BCUT2D eigenvalue weighted by molar-refractivity contribution is 0.288. The molecule has 0 aliphatic heterocycles. The van der Waals surface area contributed by atoms with Crippen molar-refractivity contribution in [3.8, 4) is 11.3 Å². The van der Waals surface area contributed by atoms with E-state index in [9.17, 15) is 0 Å². The molecule has 0 fully saturated rings. The molecule has 2 aromatic carbocycles. The molecule has 3 aromatic rings. The van der Waals surface area contributed by atoms with Crippen LogP contribution in [0.1, 0.15) is 16.6 Å². The van der Waals surface area contributed by atoms with Crippen molar-refractivity contribution in [1.82, 2.24) is 15.2 Å². The summed E-state index contributed by atoms with van der Waals surface area (Å²) in [6.07, 6.45) is 0. The lowest BCUT2D eigenvalue weighted by Gasteiger charge is -2.25. The van der Waals surface area contributed by atoms with Crippen molar-refractivity contribution >= 4 is 11.3 Å². The summed E-state index contributed by atoms with van der Waals surface area (Å²) in [5.74, 6) is 0. The molecule has 1 heterocycles. The van der Waals surface area contributed by atoms with Crippen LogP contribution < -0.4 is 5.32 Å². The summed E-state index contributed by atoms with van der Waals surface area (Å²) < 4.78 is 0. The van der Waals surface area contributed by atoms with Gasteiger partial charge in [-0.25, -0.2) is 4.98 Å². The van der Waals surface area contributed by atoms with Crippen LogP contribution in [0.4, 0.5) is 0 Å². The Kier molecular flexibility index (Phi) is 5.75. The standard InChI is InChI=1S/C20H23N3S/c1-23(2)19(17-11-7-4-8-12-17)13-21-14-20-22-18(15-24-20)16-9-5-3-6-10-16/h3-12,15,19,21H,13-14H2,1-2H3. The number of aromatic nitrogens is 1. The van der Waals surface area contributed by atoms with Crippen molar-refractivity contribution < 1.29 is 0 Å². The second-order valence-electron chi connectivity index (χ2n) is 6.01. The van der Waals surface area contributed by atoms with E-state index in [1.807, 2.05) is 18.2 Å². The Balaban J connectivity index is 1.59. The van der Waals surface area contributed by atoms with E-state index >= 15 is 0 Å². The summed E-state index contributed by atoms with van der Waals surface area (Å²) in [6.45, 7) is 1.70. The summed E-state index contributed by atoms with van der Waals surface area (Å²) in [5, 5.41) is 6.81. The SMILES string of the molecule is CN(C)C(CNCc1nc(-c2ccccc2)cs1)c1ccccc1. The Morgan fingerprint density at radius 2 is 1.67 bits per heavy atom. The molecule has 4 heteroatoms. The number of hydrogen-bond acceptors (Lipinski definition) is 4. The molecule has 0 aliphatic rings. The van der Waals surface area contributed by atoms with E-state index < -0.39 is 0 Å². The van der Waals surface area contributed by atoms with E-state index in [2.05, 4.69) is 72.2 Å². The topological polar surface area (TPSA) is 28.2 Å². The van der Waals surface area contributed by atoms with E-state index in [-0.39, 0.29) is 0 Å². The van der Waals surface area contributed by atoms with Crippen molar-refractivity contribution in [3.63, 3.8) is 0 Å². The number of nitrogens with zero attached hydrogens (tertiary/aromatic N) is 2. The van der Waals surface area contributed by atoms with Crippen molar-refractivity contribution in [2.24, 2.45) is 0 Å². The average molecular weight is 337 g/mol. The first-order valence-corrected chi connectivity index (χ1v) is 9.04. The van der Waals surface area contributed by atoms with Gasteiger partial charge in [-0.3, -0.25) is 0 Å². The molecule has 3 rings (SSSR count). The van der Waals surface area contributed by atoms with E-state index in [4.69, 9.17) is 4.98 Å². The molecule has 1 unspecified atom stereocenters. The van der Waals surface area contributed by atoms with Crippen molar-refractivity contribution in [3.05, 3.63) is 76.6 Å². The van der Waals surface area contributed by atoms with Crippen molar-refractivity contribution in [2.45, 2.75) is 12.6 Å². The Hall–Kier alpha value is -2.01. The van der Waals surface area contributed by atoms with E-state index in [1.54, 1.807) is 11.3 Å². The summed E-state index contributed by atoms with van der Waals surface area (Å²) in [6, 6.07) is 21.3. The highest BCUT2D eigenvalue weighted by atomic mass is 32.1. The number of nitrogens with one attached hydrogen (secondary N) is 1. The van der Waals surface area contributed by atoms with E-state index in [1.165, 1.54) is 11.1 Å². The fraction of sp³-hybridized carbons (Fsp3) is 0.250. The lowest BCUT2D eigenvalue weighted by atomic mass is 10.1. The van der Waals surface area contributed by atoms with Crippen molar-refractivity contribution in [1.29, 1.82) is 0 Å². The minimum absolute atomic E-state index is 0.361. The minimum atomic E-state index is 0.361. The Morgan fingerprint density at radius 1 is 1.00 bits per heavy atom. The average Bonchev–Trinajstić information content (AvgIpc) is 3.09. The maximum absolute atomic E-state index is 4.74. The number of likely N-dealkylation sites (N-methyl/N-ethyl adjacent to an activating group) is 1. The van der Waals surface area contributed by atoms with Crippen LogP contribution in [-0.2, 0) is 6.54 Å². The quantitative estimate of drug-likeness (QED) is 0.700. The second kappa shape index (κ2) is 8.20. The van der Waals surface area contributed by atoms with Crippen LogP contribution in [0.5, 0.6) is 0 Å². The molecule has 1 aromatic heterocycles. The summed E-state index contributed by atoms with van der Waals surface area (Å²) in [7, 11) is 4.24. The third kappa shape index (κ3) is 4.29. The van der Waals surface area contributed by atoms with Gasteiger partial charge in [-0.05, 0) is 19.7 Å². The van der Waals surface area contributed by atoms with Gasteiger partial charge in [0.05, 0.1) is 5.69 Å². The number of thiazole rings is 1. The van der Waals surface area contributed by atoms with Crippen molar-refractivity contribution in [2.75, 3.05) is 20.6 Å². The fourth-order valence-corrected chi connectivity index (χ4v) is 3.50. The fourth-order valence-electron chi connectivity index (χ4n) is 2.72. The first-order valence-electron chi connectivity index (χ1n) is 8.16. The van der Waals surface area contributed by atoms with Gasteiger partial charge in [0.25, 0.3) is 0 Å². The summed E-state index contributed by atoms with van der Waals surface area (Å²) >= 11 is 1.71. The molecule has 0 radical (unpaired) electrons. The Morgan fingerprint density at radius 3 is 2.33 bits per heavy atom. The van der Waals surface area contributed by atoms with Gasteiger partial charge in [0.2, 0.25) is 0 Å². The van der Waals surface area contributed by atoms with Crippen LogP contribution in [0.15, 0.2) is 66.0 Å². The largest absolute Gasteiger partial charge is 0.309 e. The first-order chi connectivity index (χ1) is 11.7. The van der Waals surface area contributed by atoms with Crippen LogP contribution in [0.3, 0.4) is 0 Å². The smallest absolute Gasteiger partial charge is 0.107 e. The zero-order valence-electron chi connectivity index (χ0n) is 14.1. The molecule has 0 saturated carbocycles. The molecule has 0 spiro atoms. The molecule has 24 heavy (non-hydrogen) atoms. The Bertz CT molecular complexity index is 738.